The summed E-state index contributed by atoms with van der Waals surface area (Å²) in [5.41, 5.74) is 0.855. The molecular weight excluding hydrogens is 401 g/mol. The second-order valence-corrected chi connectivity index (χ2v) is 8.70. The molecule has 2 heterocycles. The maximum Gasteiger partial charge on any atom is 0.249 e. The van der Waals surface area contributed by atoms with Crippen LogP contribution >= 0.6 is 0 Å². The van der Waals surface area contributed by atoms with E-state index in [9.17, 15) is 14.3 Å². The fourth-order valence-electron chi connectivity index (χ4n) is 5.14. The highest BCUT2D eigenvalue weighted by atomic mass is 19.1. The molecule has 1 amide bonds. The zero-order valence-corrected chi connectivity index (χ0v) is 16.7. The summed E-state index contributed by atoms with van der Waals surface area (Å²) >= 11 is 0. The average Bonchev–Trinajstić information content (AvgIpc) is 3.21. The molecule has 1 aromatic carbocycles. The van der Waals surface area contributed by atoms with E-state index < -0.39 is 11.2 Å². The van der Waals surface area contributed by atoms with Crippen LogP contribution in [-0.2, 0) is 11.4 Å². The van der Waals surface area contributed by atoms with Crippen LogP contribution in [0.25, 0.3) is 0 Å². The van der Waals surface area contributed by atoms with E-state index in [0.29, 0.717) is 49.3 Å². The van der Waals surface area contributed by atoms with Gasteiger partial charge in [0.25, 0.3) is 0 Å². The largest absolute Gasteiger partial charge is 0.476 e. The number of amides is 1. The highest BCUT2D eigenvalue weighted by molar-refractivity contribution is 5.88. The Morgan fingerprint density at radius 2 is 2.10 bits per heavy atom. The number of aromatic nitrogens is 2. The lowest BCUT2D eigenvalue weighted by Gasteiger charge is -2.69. The van der Waals surface area contributed by atoms with Crippen molar-refractivity contribution >= 4 is 12.1 Å². The van der Waals surface area contributed by atoms with Gasteiger partial charge in [0.05, 0.1) is 37.1 Å². The van der Waals surface area contributed by atoms with Crippen LogP contribution in [-0.4, -0.2) is 38.8 Å². The first-order chi connectivity index (χ1) is 15.0. The number of carbonyl (C=O) groups excluding carboxylic acids is 1. The Hall–Kier alpha value is -3.38. The second kappa shape index (κ2) is 7.10. The average molecular weight is 421 g/mol. The first kappa shape index (κ1) is 19.6. The van der Waals surface area contributed by atoms with Gasteiger partial charge in [-0.15, -0.1) is 0 Å². The van der Waals surface area contributed by atoms with Crippen molar-refractivity contribution in [1.82, 2.24) is 15.0 Å². The normalized spacial score (nSPS) is 27.9. The Bertz CT molecular complexity index is 1090. The standard InChI is InChI=1S/C22H20FN5O3/c23-16-4-14(9-29)3-15(5-16)18-1-2-27-28(18)20(30)22-10-21(11-22,12-22)13-31-19-8-25-17(6-24)7-26-19/h2-5,7-8,18,29H,1,9-13H2. The molecule has 3 fully saturated rings. The molecule has 2 bridgehead atoms. The molecule has 2 aromatic rings. The lowest BCUT2D eigenvalue weighted by atomic mass is 9.35. The summed E-state index contributed by atoms with van der Waals surface area (Å²) < 4.78 is 19.7. The van der Waals surface area contributed by atoms with Gasteiger partial charge in [-0.1, -0.05) is 6.07 Å². The Labute approximate surface area is 178 Å². The SMILES string of the molecule is N#Cc1cnc(OCC23CC(C(=O)N4N=CCC4c4cc(F)cc(CO)c4)(C2)C3)cn1. The van der Waals surface area contributed by atoms with Crippen LogP contribution in [0.3, 0.4) is 0 Å². The number of aliphatic hydroxyl groups is 1. The molecule has 158 valence electrons. The molecular formula is C22H20FN5O3. The Morgan fingerprint density at radius 3 is 2.77 bits per heavy atom. The molecule has 1 aromatic heterocycles. The maximum absolute atomic E-state index is 13.9. The topological polar surface area (TPSA) is 112 Å². The highest BCUT2D eigenvalue weighted by Crippen LogP contribution is 2.74. The van der Waals surface area contributed by atoms with E-state index in [0.717, 1.165) is 0 Å². The zero-order chi connectivity index (χ0) is 21.6. The molecule has 9 heteroatoms. The van der Waals surface area contributed by atoms with Gasteiger partial charge in [-0.3, -0.25) is 4.79 Å². The summed E-state index contributed by atoms with van der Waals surface area (Å²) in [5.74, 6) is -0.117. The summed E-state index contributed by atoms with van der Waals surface area (Å²) in [6.45, 7) is 0.182. The number of nitriles is 1. The van der Waals surface area contributed by atoms with Gasteiger partial charge >= 0.3 is 0 Å². The number of halogens is 1. The number of carbonyl (C=O) groups is 1. The lowest BCUT2D eigenvalue weighted by Crippen LogP contribution is -2.69. The van der Waals surface area contributed by atoms with Gasteiger partial charge in [0.2, 0.25) is 11.8 Å². The quantitative estimate of drug-likeness (QED) is 0.767. The number of ether oxygens (including phenoxy) is 1. The van der Waals surface area contributed by atoms with Gasteiger partial charge in [0.15, 0.2) is 5.69 Å². The fraction of sp³-hybridized carbons (Fsp3) is 0.409. The van der Waals surface area contributed by atoms with Gasteiger partial charge in [-0.25, -0.2) is 19.4 Å². The molecule has 1 aliphatic heterocycles. The van der Waals surface area contributed by atoms with E-state index >= 15 is 0 Å². The molecule has 1 atom stereocenters. The van der Waals surface area contributed by atoms with Crippen LogP contribution < -0.4 is 4.74 Å². The van der Waals surface area contributed by atoms with Crippen molar-refractivity contribution in [3.63, 3.8) is 0 Å². The second-order valence-electron chi connectivity index (χ2n) is 8.70. The number of aliphatic hydroxyl groups excluding tert-OH is 1. The summed E-state index contributed by atoms with van der Waals surface area (Å²) in [4.78, 5) is 21.3. The third-order valence-electron chi connectivity index (χ3n) is 6.45. The molecule has 1 unspecified atom stereocenters. The van der Waals surface area contributed by atoms with E-state index in [2.05, 4.69) is 15.1 Å². The summed E-state index contributed by atoms with van der Waals surface area (Å²) in [6, 6.07) is 5.96. The smallest absolute Gasteiger partial charge is 0.249 e. The predicted octanol–water partition coefficient (Wildman–Crippen LogP) is 2.49. The molecule has 31 heavy (non-hydrogen) atoms. The molecule has 1 N–H and O–H groups in total. The van der Waals surface area contributed by atoms with E-state index in [1.807, 2.05) is 6.07 Å². The number of hydrogen-bond acceptors (Lipinski definition) is 7. The van der Waals surface area contributed by atoms with Crippen molar-refractivity contribution in [2.75, 3.05) is 6.61 Å². The van der Waals surface area contributed by atoms with Gasteiger partial charge in [0, 0.05) is 18.1 Å². The van der Waals surface area contributed by atoms with Crippen molar-refractivity contribution in [2.24, 2.45) is 15.9 Å². The monoisotopic (exact) mass is 421 g/mol. The van der Waals surface area contributed by atoms with E-state index in [-0.39, 0.29) is 29.7 Å². The Balaban J connectivity index is 1.22. The number of hydrogen-bond donors (Lipinski definition) is 1. The van der Waals surface area contributed by atoms with Crippen LogP contribution in [0.1, 0.15) is 48.5 Å². The minimum atomic E-state index is -0.438. The Morgan fingerprint density at radius 1 is 1.29 bits per heavy atom. The van der Waals surface area contributed by atoms with Crippen LogP contribution in [0.15, 0.2) is 35.7 Å². The number of rotatable bonds is 6. The lowest BCUT2D eigenvalue weighted by molar-refractivity contribution is -0.227. The summed E-state index contributed by atoms with van der Waals surface area (Å²) in [7, 11) is 0. The van der Waals surface area contributed by atoms with E-state index in [4.69, 9.17) is 10.00 Å². The molecule has 3 saturated carbocycles. The number of hydrazone groups is 1. The zero-order valence-electron chi connectivity index (χ0n) is 16.7. The molecule has 0 saturated heterocycles. The molecule has 3 aliphatic carbocycles. The summed E-state index contributed by atoms with van der Waals surface area (Å²) in [6.07, 6.45) is 7.13. The van der Waals surface area contributed by atoms with Crippen LogP contribution in [0.4, 0.5) is 4.39 Å². The fourth-order valence-corrected chi connectivity index (χ4v) is 5.14. The van der Waals surface area contributed by atoms with Crippen molar-refractivity contribution in [1.29, 1.82) is 5.26 Å². The van der Waals surface area contributed by atoms with Crippen LogP contribution in [0.2, 0.25) is 0 Å². The van der Waals surface area contributed by atoms with Crippen LogP contribution in [0, 0.1) is 28.0 Å². The van der Waals surface area contributed by atoms with Crippen molar-refractivity contribution in [3.8, 4) is 11.9 Å². The number of benzene rings is 1. The maximum atomic E-state index is 13.9. The predicted molar refractivity (Wildman–Crippen MR) is 106 cm³/mol. The van der Waals surface area contributed by atoms with Crippen molar-refractivity contribution in [3.05, 3.63) is 53.2 Å². The first-order valence-corrected chi connectivity index (χ1v) is 10.1. The van der Waals surface area contributed by atoms with Crippen LogP contribution in [0.5, 0.6) is 5.88 Å². The van der Waals surface area contributed by atoms with E-state index in [1.165, 1.54) is 29.5 Å². The molecule has 0 spiro atoms. The first-order valence-electron chi connectivity index (χ1n) is 10.1. The van der Waals surface area contributed by atoms with Gasteiger partial charge in [0.1, 0.15) is 11.9 Å². The van der Waals surface area contributed by atoms with Gasteiger partial charge < -0.3 is 9.84 Å². The molecule has 8 nitrogen and oxygen atoms in total. The summed E-state index contributed by atoms with van der Waals surface area (Å²) in [5, 5.41) is 23.9. The molecule has 6 rings (SSSR count). The minimum Gasteiger partial charge on any atom is -0.476 e. The van der Waals surface area contributed by atoms with Crippen molar-refractivity contribution < 1.29 is 19.0 Å². The minimum absolute atomic E-state index is 0.0406. The number of nitrogens with zero attached hydrogens (tertiary/aromatic N) is 5. The van der Waals surface area contributed by atoms with E-state index in [1.54, 1.807) is 12.3 Å². The van der Waals surface area contributed by atoms with Crippen molar-refractivity contribution in [2.45, 2.75) is 38.3 Å². The van der Waals surface area contributed by atoms with Gasteiger partial charge in [-0.2, -0.15) is 10.4 Å². The van der Waals surface area contributed by atoms with Gasteiger partial charge in [-0.05, 0) is 42.5 Å². The third kappa shape index (κ3) is 3.24. The molecule has 4 aliphatic rings. The third-order valence-corrected chi connectivity index (χ3v) is 6.45. The molecule has 0 radical (unpaired) electrons. The highest BCUT2D eigenvalue weighted by Gasteiger charge is 2.73. The Kier molecular flexibility index (Phi) is 4.48.